The first kappa shape index (κ1) is 19.8. The van der Waals surface area contributed by atoms with E-state index < -0.39 is 0 Å². The molecule has 9 heteroatoms. The fraction of sp³-hybridized carbons (Fsp3) is 0.474. The van der Waals surface area contributed by atoms with Crippen LogP contribution in [0.4, 0.5) is 0 Å². The van der Waals surface area contributed by atoms with Gasteiger partial charge in [0.2, 0.25) is 0 Å². The van der Waals surface area contributed by atoms with Crippen LogP contribution in [0.25, 0.3) is 0 Å². The second kappa shape index (κ2) is 9.84. The second-order valence-corrected chi connectivity index (χ2v) is 6.52. The topological polar surface area (TPSA) is 118 Å². The van der Waals surface area contributed by atoms with Crippen LogP contribution >= 0.6 is 0 Å². The van der Waals surface area contributed by atoms with Crippen molar-refractivity contribution in [3.63, 3.8) is 0 Å². The summed E-state index contributed by atoms with van der Waals surface area (Å²) in [6, 6.07) is 6.64. The molecule has 0 aliphatic carbocycles. The second-order valence-electron chi connectivity index (χ2n) is 6.52. The van der Waals surface area contributed by atoms with Crippen molar-refractivity contribution in [2.45, 2.75) is 32.3 Å². The normalized spacial score (nSPS) is 14.0. The zero-order valence-corrected chi connectivity index (χ0v) is 15.6. The number of amides is 2. The molecule has 0 spiro atoms. The number of nitrogens with zero attached hydrogens (tertiary/aromatic N) is 3. The van der Waals surface area contributed by atoms with Gasteiger partial charge in [-0.25, -0.2) is 0 Å². The van der Waals surface area contributed by atoms with E-state index in [-0.39, 0.29) is 30.9 Å². The molecule has 1 aliphatic heterocycles. The van der Waals surface area contributed by atoms with E-state index in [9.17, 15) is 9.59 Å². The van der Waals surface area contributed by atoms with E-state index in [2.05, 4.69) is 15.5 Å². The predicted octanol–water partition coefficient (Wildman–Crippen LogP) is 0.926. The van der Waals surface area contributed by atoms with Crippen molar-refractivity contribution in [1.29, 1.82) is 0 Å². The largest absolute Gasteiger partial charge is 0.484 e. The Morgan fingerprint density at radius 1 is 1.18 bits per heavy atom. The van der Waals surface area contributed by atoms with Crippen molar-refractivity contribution in [3.05, 3.63) is 41.5 Å². The molecular weight excluding hydrogens is 364 g/mol. The first-order valence-electron chi connectivity index (χ1n) is 9.37. The van der Waals surface area contributed by atoms with Crippen LogP contribution in [0.5, 0.6) is 5.75 Å². The van der Waals surface area contributed by atoms with Crippen LogP contribution in [-0.4, -0.2) is 58.2 Å². The van der Waals surface area contributed by atoms with Gasteiger partial charge < -0.3 is 24.6 Å². The Kier molecular flexibility index (Phi) is 6.96. The van der Waals surface area contributed by atoms with E-state index in [0.29, 0.717) is 30.1 Å². The van der Waals surface area contributed by atoms with E-state index in [0.717, 1.165) is 25.9 Å². The average Bonchev–Trinajstić information content (AvgIpc) is 3.21. The number of carbonyl (C=O) groups is 2. The Bertz CT molecular complexity index is 784. The highest BCUT2D eigenvalue weighted by molar-refractivity contribution is 5.94. The number of aromatic nitrogens is 2. The van der Waals surface area contributed by atoms with Gasteiger partial charge in [0, 0.05) is 31.6 Å². The summed E-state index contributed by atoms with van der Waals surface area (Å²) in [6.07, 6.45) is 3.66. The number of hydrogen-bond acceptors (Lipinski definition) is 7. The molecular formula is C19H24N4O5. The fourth-order valence-electron chi connectivity index (χ4n) is 2.93. The number of benzene rings is 1. The number of nitrogens with one attached hydrogen (secondary N) is 1. The van der Waals surface area contributed by atoms with Gasteiger partial charge in [0.05, 0.1) is 0 Å². The van der Waals surface area contributed by atoms with Crippen LogP contribution in [0.3, 0.4) is 0 Å². The lowest BCUT2D eigenvalue weighted by Crippen LogP contribution is -2.38. The number of likely N-dealkylation sites (tertiary alicyclic amines) is 1. The lowest BCUT2D eigenvalue weighted by atomic mass is 10.1. The molecule has 2 N–H and O–H groups in total. The maximum Gasteiger partial charge on any atom is 0.260 e. The van der Waals surface area contributed by atoms with Gasteiger partial charge in [-0.3, -0.25) is 9.59 Å². The molecule has 1 aromatic carbocycles. The molecule has 0 unspecified atom stereocenters. The molecule has 3 rings (SSSR count). The zero-order valence-electron chi connectivity index (χ0n) is 15.6. The Labute approximate surface area is 162 Å². The van der Waals surface area contributed by atoms with Crippen molar-refractivity contribution in [2.75, 3.05) is 26.2 Å². The quantitative estimate of drug-likeness (QED) is 0.690. The minimum Gasteiger partial charge on any atom is -0.484 e. The summed E-state index contributed by atoms with van der Waals surface area (Å²) in [5.74, 6) is 0.876. The van der Waals surface area contributed by atoms with Crippen LogP contribution < -0.4 is 10.1 Å². The Hall–Kier alpha value is -2.94. The molecule has 0 radical (unpaired) electrons. The predicted molar refractivity (Wildman–Crippen MR) is 98.6 cm³/mol. The van der Waals surface area contributed by atoms with Crippen LogP contribution in [0, 0.1) is 0 Å². The van der Waals surface area contributed by atoms with E-state index in [1.165, 1.54) is 6.42 Å². The molecule has 9 nitrogen and oxygen atoms in total. The third-order valence-electron chi connectivity index (χ3n) is 4.47. The Morgan fingerprint density at radius 2 is 1.93 bits per heavy atom. The first-order valence-corrected chi connectivity index (χ1v) is 9.37. The van der Waals surface area contributed by atoms with Crippen LogP contribution in [0.2, 0.25) is 0 Å². The number of aliphatic hydroxyl groups is 1. The number of piperidine rings is 1. The summed E-state index contributed by atoms with van der Waals surface area (Å²) < 4.78 is 10.3. The van der Waals surface area contributed by atoms with Crippen LogP contribution in [0.1, 0.15) is 41.3 Å². The van der Waals surface area contributed by atoms with Gasteiger partial charge in [-0.15, -0.1) is 0 Å². The molecule has 0 bridgehead atoms. The molecule has 1 aromatic heterocycles. The van der Waals surface area contributed by atoms with Crippen LogP contribution in [0.15, 0.2) is 28.8 Å². The van der Waals surface area contributed by atoms with E-state index in [1.54, 1.807) is 24.3 Å². The van der Waals surface area contributed by atoms with Gasteiger partial charge in [0.15, 0.2) is 12.4 Å². The number of hydrogen-bond donors (Lipinski definition) is 2. The minimum atomic E-state index is -0.308. The van der Waals surface area contributed by atoms with Gasteiger partial charge in [-0.05, 0) is 43.5 Å². The monoisotopic (exact) mass is 388 g/mol. The van der Waals surface area contributed by atoms with Crippen molar-refractivity contribution in [3.8, 4) is 5.75 Å². The highest BCUT2D eigenvalue weighted by Gasteiger charge is 2.16. The van der Waals surface area contributed by atoms with E-state index in [1.807, 2.05) is 4.90 Å². The number of ether oxygens (including phenoxy) is 1. The molecule has 1 saturated heterocycles. The molecule has 1 aliphatic rings. The lowest BCUT2D eigenvalue weighted by molar-refractivity contribution is -0.134. The lowest BCUT2D eigenvalue weighted by Gasteiger charge is -2.26. The summed E-state index contributed by atoms with van der Waals surface area (Å²) in [7, 11) is 0. The third kappa shape index (κ3) is 5.53. The van der Waals surface area contributed by atoms with E-state index >= 15 is 0 Å². The highest BCUT2D eigenvalue weighted by atomic mass is 16.5. The molecule has 2 amide bonds. The molecule has 1 fully saturated rings. The maximum atomic E-state index is 12.2. The van der Waals surface area contributed by atoms with Gasteiger partial charge in [0.25, 0.3) is 17.7 Å². The van der Waals surface area contributed by atoms with Gasteiger partial charge in [-0.1, -0.05) is 5.16 Å². The van der Waals surface area contributed by atoms with Crippen LogP contribution in [-0.2, 0) is 17.8 Å². The SMILES string of the molecule is O=C(NCCc1noc(CO)n1)c1ccc(OCC(=O)N2CCCCC2)cc1. The summed E-state index contributed by atoms with van der Waals surface area (Å²) >= 11 is 0. The minimum absolute atomic E-state index is 0.00602. The zero-order chi connectivity index (χ0) is 19.8. The van der Waals surface area contributed by atoms with Gasteiger partial charge in [0.1, 0.15) is 12.4 Å². The summed E-state index contributed by atoms with van der Waals surface area (Å²) in [5.41, 5.74) is 0.485. The van der Waals surface area contributed by atoms with Crippen molar-refractivity contribution in [1.82, 2.24) is 20.4 Å². The first-order chi connectivity index (χ1) is 13.7. The smallest absolute Gasteiger partial charge is 0.260 e. The Balaban J connectivity index is 1.41. The highest BCUT2D eigenvalue weighted by Crippen LogP contribution is 2.14. The molecule has 28 heavy (non-hydrogen) atoms. The average molecular weight is 388 g/mol. The van der Waals surface area contributed by atoms with Crippen molar-refractivity contribution >= 4 is 11.8 Å². The summed E-state index contributed by atoms with van der Waals surface area (Å²) in [4.78, 5) is 30.1. The molecule has 150 valence electrons. The number of aliphatic hydroxyl groups excluding tert-OH is 1. The fourth-order valence-corrected chi connectivity index (χ4v) is 2.93. The summed E-state index contributed by atoms with van der Waals surface area (Å²) in [5, 5.41) is 15.3. The van der Waals surface area contributed by atoms with E-state index in [4.69, 9.17) is 14.4 Å². The molecule has 2 heterocycles. The van der Waals surface area contributed by atoms with Gasteiger partial charge >= 0.3 is 0 Å². The Morgan fingerprint density at radius 3 is 2.61 bits per heavy atom. The third-order valence-corrected chi connectivity index (χ3v) is 4.47. The molecule has 2 aromatic rings. The molecule has 0 atom stereocenters. The van der Waals surface area contributed by atoms with Gasteiger partial charge in [-0.2, -0.15) is 4.98 Å². The summed E-state index contributed by atoms with van der Waals surface area (Å²) in [6.45, 7) is 1.63. The number of rotatable bonds is 8. The maximum absolute atomic E-state index is 12.2. The van der Waals surface area contributed by atoms with Crippen molar-refractivity contribution < 1.29 is 24.0 Å². The van der Waals surface area contributed by atoms with Crippen molar-refractivity contribution in [2.24, 2.45) is 0 Å². The molecule has 0 saturated carbocycles. The number of carbonyl (C=O) groups excluding carboxylic acids is 2. The standard InChI is InChI=1S/C19H24N4O5/c24-12-17-21-16(22-28-17)8-9-20-19(26)14-4-6-15(7-5-14)27-13-18(25)23-10-2-1-3-11-23/h4-7,24H,1-3,8-13H2,(H,20,26).